The molecule has 60 heavy (non-hydrogen) atoms. The van der Waals surface area contributed by atoms with Crippen LogP contribution in [0.3, 0.4) is 0 Å². The summed E-state index contributed by atoms with van der Waals surface area (Å²) in [6.45, 7) is 7.02. The Bertz CT molecular complexity index is 2400. The van der Waals surface area contributed by atoms with Gasteiger partial charge < -0.3 is 29.5 Å². The number of aliphatic imine (C=N–C) groups is 1. The van der Waals surface area contributed by atoms with E-state index in [-0.39, 0.29) is 30.2 Å². The molecule has 18 heteroatoms. The highest BCUT2D eigenvalue weighted by Gasteiger charge is 2.38. The van der Waals surface area contributed by atoms with Crippen LogP contribution in [0.25, 0.3) is 11.3 Å². The minimum atomic E-state index is -1.07. The largest absolute Gasteiger partial charge is 0.475 e. The summed E-state index contributed by atoms with van der Waals surface area (Å²) < 4.78 is 43.9. The summed E-state index contributed by atoms with van der Waals surface area (Å²) in [5, 5.41) is 9.82. The van der Waals surface area contributed by atoms with Crippen molar-refractivity contribution in [3.05, 3.63) is 82.7 Å². The van der Waals surface area contributed by atoms with Gasteiger partial charge in [0, 0.05) is 88.3 Å². The van der Waals surface area contributed by atoms with E-state index in [9.17, 15) is 19.2 Å². The summed E-state index contributed by atoms with van der Waals surface area (Å²) >= 11 is 0. The van der Waals surface area contributed by atoms with Gasteiger partial charge in [-0.15, -0.1) is 0 Å². The second-order valence-corrected chi connectivity index (χ2v) is 15.7. The molecule has 4 amide bonds. The van der Waals surface area contributed by atoms with Crippen LogP contribution in [0.1, 0.15) is 45.9 Å². The third-order valence-electron chi connectivity index (χ3n) is 11.7. The average molecular weight is 823 g/mol. The molecule has 5 aliphatic heterocycles. The maximum atomic E-state index is 15.1. The van der Waals surface area contributed by atoms with E-state index in [1.54, 1.807) is 35.0 Å². The fraction of sp³-hybridized carbons (Fsp3) is 0.405. The molecule has 3 saturated heterocycles. The van der Waals surface area contributed by atoms with Crippen molar-refractivity contribution in [1.29, 1.82) is 0 Å². The minimum absolute atomic E-state index is 0.0164. The van der Waals surface area contributed by atoms with Gasteiger partial charge in [0.05, 0.1) is 53.9 Å². The van der Waals surface area contributed by atoms with Crippen molar-refractivity contribution >= 4 is 46.7 Å². The molecule has 16 nitrogen and oxygen atoms in total. The molecule has 0 unspecified atom stereocenters. The highest BCUT2D eigenvalue weighted by Crippen LogP contribution is 2.36. The van der Waals surface area contributed by atoms with E-state index in [0.717, 1.165) is 16.9 Å². The van der Waals surface area contributed by atoms with E-state index in [0.29, 0.717) is 112 Å². The van der Waals surface area contributed by atoms with Gasteiger partial charge in [0.25, 0.3) is 5.91 Å². The molecule has 2 aromatic carbocycles. The number of halogens is 2. The first-order chi connectivity index (χ1) is 29.0. The Morgan fingerprint density at radius 3 is 2.48 bits per heavy atom. The fourth-order valence-corrected chi connectivity index (χ4v) is 8.48. The number of hydrogen-bond donors (Lipinski definition) is 2. The molecular formula is C42H44F2N10O6. The molecule has 0 radical (unpaired) electrons. The van der Waals surface area contributed by atoms with E-state index >= 15 is 8.78 Å². The van der Waals surface area contributed by atoms with Crippen molar-refractivity contribution in [3.8, 4) is 17.1 Å². The van der Waals surface area contributed by atoms with E-state index in [1.807, 2.05) is 28.9 Å². The summed E-state index contributed by atoms with van der Waals surface area (Å²) in [4.78, 5) is 68.0. The number of piperidine rings is 1. The highest BCUT2D eigenvalue weighted by molar-refractivity contribution is 6.19. The standard InChI is InChI=1S/C42H44F2N10O6/c1-24-15-26-17-34(46-24)30-20-45-50(2)41(30)60-14-13-59-12-11-54-35-16-25(3-5-33(35)47-42(54)49-38(26)56)21-51-7-9-52(10-8-51)40(58)27-22-53(23-27)28-18-31(43)37(32(44)19-28)29-4-6-36(55)48-39(29)57/h3,5,15-20,27,29H,4,6-14,21-23H2,1-2H3,(H,47,49,56)(H,48,55,57)/t29-/m1/s1. The van der Waals surface area contributed by atoms with Crippen LogP contribution < -0.4 is 25.2 Å². The molecule has 3 fully saturated rings. The summed E-state index contributed by atoms with van der Waals surface area (Å²) in [5.74, 6) is -3.67. The van der Waals surface area contributed by atoms with E-state index < -0.39 is 35.3 Å². The predicted octanol–water partition coefficient (Wildman–Crippen LogP) is 3.21. The van der Waals surface area contributed by atoms with E-state index in [4.69, 9.17) is 9.47 Å². The first-order valence-corrected chi connectivity index (χ1v) is 20.1. The zero-order chi connectivity index (χ0) is 41.7. The zero-order valence-corrected chi connectivity index (χ0v) is 33.2. The van der Waals surface area contributed by atoms with Crippen molar-refractivity contribution in [2.75, 3.05) is 80.8 Å². The number of aromatic nitrogens is 3. The molecule has 312 valence electrons. The van der Waals surface area contributed by atoms with E-state index in [2.05, 4.69) is 36.7 Å². The number of imide groups is 1. The van der Waals surface area contributed by atoms with Crippen LogP contribution >= 0.6 is 0 Å². The maximum absolute atomic E-state index is 15.1. The summed E-state index contributed by atoms with van der Waals surface area (Å²) in [6.07, 6.45) is 1.73. The van der Waals surface area contributed by atoms with Crippen molar-refractivity contribution in [1.82, 2.24) is 29.9 Å². The van der Waals surface area contributed by atoms with Crippen LogP contribution in [0.2, 0.25) is 0 Å². The van der Waals surface area contributed by atoms with Gasteiger partial charge in [-0.05, 0) is 55.3 Å². The van der Waals surface area contributed by atoms with Crippen LogP contribution in [0, 0.1) is 24.5 Å². The Hall–Kier alpha value is -6.27. The summed E-state index contributed by atoms with van der Waals surface area (Å²) in [6, 6.07) is 11.9. The lowest BCUT2D eigenvalue weighted by Crippen LogP contribution is -2.58. The Morgan fingerprint density at radius 2 is 1.72 bits per heavy atom. The monoisotopic (exact) mass is 822 g/mol. The van der Waals surface area contributed by atoms with Crippen molar-refractivity contribution < 1.29 is 37.4 Å². The van der Waals surface area contributed by atoms with Crippen LogP contribution in [0.5, 0.6) is 5.88 Å². The van der Waals surface area contributed by atoms with Gasteiger partial charge in [0.1, 0.15) is 18.2 Å². The lowest BCUT2D eigenvalue weighted by atomic mass is 9.89. The average Bonchev–Trinajstić information content (AvgIpc) is 3.74. The van der Waals surface area contributed by atoms with Crippen LogP contribution in [0.15, 0.2) is 53.7 Å². The molecule has 7 heterocycles. The van der Waals surface area contributed by atoms with Gasteiger partial charge in [-0.3, -0.25) is 34.4 Å². The number of aryl methyl sites for hydroxylation is 2. The molecule has 2 aromatic heterocycles. The Balaban J connectivity index is 0.820. The van der Waals surface area contributed by atoms with Gasteiger partial charge in [-0.25, -0.2) is 13.5 Å². The van der Waals surface area contributed by atoms with Gasteiger partial charge in [0.15, 0.2) is 0 Å². The van der Waals surface area contributed by atoms with E-state index in [1.165, 1.54) is 12.1 Å². The number of carbonyl (C=O) groups is 4. The SMILES string of the molecule is Cc1cc2cc(n1)-c1cnn(C)c1OCCOCCN1/C(=N/C2=O)Nc2ccc(CN3CCN(C(=O)C4CN(c5cc(F)c([C@H]6CCC(=O)NC6=O)c(F)c5)C4)CC3)cc21. The highest BCUT2D eigenvalue weighted by atomic mass is 19.1. The lowest BCUT2D eigenvalue weighted by molar-refractivity contribution is -0.138. The first-order valence-electron chi connectivity index (χ1n) is 20.1. The lowest BCUT2D eigenvalue weighted by Gasteiger charge is -2.44. The number of nitrogens with one attached hydrogen (secondary N) is 2. The number of benzene rings is 2. The Kier molecular flexibility index (Phi) is 10.5. The minimum Gasteiger partial charge on any atom is -0.475 e. The van der Waals surface area contributed by atoms with Crippen molar-refractivity contribution in [3.63, 3.8) is 0 Å². The second kappa shape index (κ2) is 16.1. The molecule has 5 aliphatic rings. The molecule has 4 aromatic rings. The third-order valence-corrected chi connectivity index (χ3v) is 11.7. The third kappa shape index (κ3) is 7.67. The number of nitrogens with zero attached hydrogens (tertiary/aromatic N) is 8. The topological polar surface area (TPSA) is 167 Å². The van der Waals surface area contributed by atoms with Gasteiger partial charge in [-0.1, -0.05) is 6.07 Å². The van der Waals surface area contributed by atoms with Crippen LogP contribution in [-0.2, 0) is 32.7 Å². The summed E-state index contributed by atoms with van der Waals surface area (Å²) in [7, 11) is 1.78. The number of anilines is 3. The molecular weight excluding hydrogens is 779 g/mol. The smallest absolute Gasteiger partial charge is 0.280 e. The molecule has 0 spiro atoms. The zero-order valence-electron chi connectivity index (χ0n) is 33.2. The maximum Gasteiger partial charge on any atom is 0.280 e. The van der Waals surface area contributed by atoms with Crippen LogP contribution in [-0.4, -0.2) is 120 Å². The number of amides is 4. The molecule has 0 aliphatic carbocycles. The quantitative estimate of drug-likeness (QED) is 0.283. The molecule has 1 atom stereocenters. The van der Waals surface area contributed by atoms with Crippen molar-refractivity contribution in [2.45, 2.75) is 32.2 Å². The number of pyridine rings is 1. The normalized spacial score (nSPS) is 21.0. The Labute approximate surface area is 344 Å². The number of ether oxygens (including phenoxy) is 2. The molecule has 0 saturated carbocycles. The summed E-state index contributed by atoms with van der Waals surface area (Å²) in [5.41, 5.74) is 5.01. The number of hydrogen-bond acceptors (Lipinski definition) is 12. The number of guanidine groups is 1. The van der Waals surface area contributed by atoms with Gasteiger partial charge in [0.2, 0.25) is 29.6 Å². The molecule has 9 rings (SSSR count). The first kappa shape index (κ1) is 39.2. The molecule has 2 N–H and O–H groups in total. The van der Waals surface area contributed by atoms with Crippen LogP contribution in [0.4, 0.5) is 25.8 Å². The number of carbonyl (C=O) groups excluding carboxylic acids is 4. The number of piperazine rings is 1. The number of rotatable bonds is 5. The predicted molar refractivity (Wildman–Crippen MR) is 216 cm³/mol. The fourth-order valence-electron chi connectivity index (χ4n) is 8.48. The van der Waals surface area contributed by atoms with Gasteiger partial charge in [-0.2, -0.15) is 10.1 Å². The Morgan fingerprint density at radius 1 is 0.933 bits per heavy atom. The second-order valence-electron chi connectivity index (χ2n) is 15.7. The number of fused-ring (bicyclic) bond motifs is 7. The molecule has 2 bridgehead atoms. The van der Waals surface area contributed by atoms with Gasteiger partial charge >= 0.3 is 0 Å². The van der Waals surface area contributed by atoms with Crippen molar-refractivity contribution in [2.24, 2.45) is 18.0 Å².